The van der Waals surface area contributed by atoms with E-state index in [1.165, 1.54) is 12.3 Å². The van der Waals surface area contributed by atoms with Crippen LogP contribution in [-0.2, 0) is 13.0 Å². The Labute approximate surface area is 259 Å². The van der Waals surface area contributed by atoms with Gasteiger partial charge in [-0.05, 0) is 61.1 Å². The minimum Gasteiger partial charge on any atom is -0.497 e. The molecule has 1 fully saturated rings. The highest BCUT2D eigenvalue weighted by molar-refractivity contribution is 5.94. The van der Waals surface area contributed by atoms with Crippen LogP contribution >= 0.6 is 0 Å². The van der Waals surface area contributed by atoms with Gasteiger partial charge in [0.15, 0.2) is 23.4 Å². The molecule has 0 bridgehead atoms. The zero-order valence-corrected chi connectivity index (χ0v) is 25.0. The second kappa shape index (κ2) is 11.6. The summed E-state index contributed by atoms with van der Waals surface area (Å²) < 4.78 is 22.0. The molecule has 5 aromatic rings. The third-order valence-electron chi connectivity index (χ3n) is 8.66. The Balaban J connectivity index is 1.30. The molecule has 2 aliphatic rings. The maximum Gasteiger partial charge on any atom is 0.271 e. The highest BCUT2D eigenvalue weighted by atomic mass is 19.1. The molecule has 1 saturated carbocycles. The smallest absolute Gasteiger partial charge is 0.271 e. The van der Waals surface area contributed by atoms with E-state index in [1.54, 1.807) is 17.8 Å². The first-order valence-corrected chi connectivity index (χ1v) is 15.0. The number of aromatic nitrogens is 4. The van der Waals surface area contributed by atoms with Gasteiger partial charge in [-0.2, -0.15) is 0 Å². The van der Waals surface area contributed by atoms with Gasteiger partial charge in [-0.15, -0.1) is 5.10 Å². The number of ether oxygens (including phenoxy) is 1. The molecule has 3 aromatic heterocycles. The average molecular weight is 606 g/mol. The molecule has 4 heterocycles. The lowest BCUT2D eigenvalue weighted by Crippen LogP contribution is -2.40. The predicted octanol–water partition coefficient (Wildman–Crippen LogP) is 5.36. The number of carbonyl (C=O) groups is 2. The number of carbonyl (C=O) groups excluding carboxylic acids is 2. The van der Waals surface area contributed by atoms with E-state index < -0.39 is 5.82 Å². The zero-order valence-electron chi connectivity index (χ0n) is 25.0. The maximum absolute atomic E-state index is 15.0. The number of benzene rings is 2. The first-order chi connectivity index (χ1) is 21.9. The number of hydrogen-bond donors (Lipinski definition) is 1. The van der Waals surface area contributed by atoms with E-state index in [-0.39, 0.29) is 23.2 Å². The van der Waals surface area contributed by atoms with Gasteiger partial charge in [0.25, 0.3) is 5.91 Å². The highest BCUT2D eigenvalue weighted by Gasteiger charge is 2.29. The summed E-state index contributed by atoms with van der Waals surface area (Å²) in [6.45, 7) is 1.18. The quantitative estimate of drug-likeness (QED) is 0.224. The molecule has 0 radical (unpaired) electrons. The molecule has 1 amide bonds. The van der Waals surface area contributed by atoms with Gasteiger partial charge in [0.1, 0.15) is 17.3 Å². The standard InChI is InChI=1S/C34H32FN7O3/c1-40(19-21-9-11-24(45-2)12-10-21)29-16-31(39-42-30(18-37-33(29)42)34(44)38-23-5-3-6-23)41-14-13-25-26(7-4-8-28(25)41)32-27(35)15-22(20-43)17-36-32/h4,7-12,15-18,20,23H,3,5-6,13-14,19H2,1-2H3,(H,38,44). The van der Waals surface area contributed by atoms with Crippen molar-refractivity contribution in [1.29, 1.82) is 0 Å². The van der Waals surface area contributed by atoms with Crippen molar-refractivity contribution in [3.8, 4) is 17.0 Å². The van der Waals surface area contributed by atoms with Crippen LogP contribution in [0.1, 0.15) is 51.2 Å². The molecule has 45 heavy (non-hydrogen) atoms. The lowest BCUT2D eigenvalue weighted by molar-refractivity contribution is 0.0909. The van der Waals surface area contributed by atoms with Crippen molar-refractivity contribution >= 4 is 35.0 Å². The van der Waals surface area contributed by atoms with Gasteiger partial charge < -0.3 is 19.9 Å². The van der Waals surface area contributed by atoms with Crippen LogP contribution in [0.4, 0.5) is 21.6 Å². The summed E-state index contributed by atoms with van der Waals surface area (Å²) in [5.74, 6) is 0.668. The topological polar surface area (TPSA) is 105 Å². The number of aldehydes is 1. The molecule has 10 nitrogen and oxygen atoms in total. The van der Waals surface area contributed by atoms with Gasteiger partial charge in [-0.25, -0.2) is 13.9 Å². The van der Waals surface area contributed by atoms with Crippen LogP contribution in [0.2, 0.25) is 0 Å². The number of pyridine rings is 1. The molecular weight excluding hydrogens is 573 g/mol. The van der Waals surface area contributed by atoms with Gasteiger partial charge in [0.05, 0.1) is 19.0 Å². The Morgan fingerprint density at radius 2 is 1.96 bits per heavy atom. The second-order valence-corrected chi connectivity index (χ2v) is 11.5. The van der Waals surface area contributed by atoms with Gasteiger partial charge in [-0.1, -0.05) is 24.3 Å². The lowest BCUT2D eigenvalue weighted by Gasteiger charge is -2.26. The molecule has 0 saturated heterocycles. The van der Waals surface area contributed by atoms with Crippen LogP contribution in [0.3, 0.4) is 0 Å². The minimum absolute atomic E-state index is 0.168. The molecule has 7 rings (SSSR count). The first kappa shape index (κ1) is 28.5. The Bertz CT molecular complexity index is 1920. The summed E-state index contributed by atoms with van der Waals surface area (Å²) in [5, 5.41) is 8.06. The summed E-state index contributed by atoms with van der Waals surface area (Å²) in [4.78, 5) is 37.6. The largest absolute Gasteiger partial charge is 0.497 e. The number of rotatable bonds is 9. The van der Waals surface area contributed by atoms with Gasteiger partial charge in [0.2, 0.25) is 0 Å². The van der Waals surface area contributed by atoms with E-state index in [2.05, 4.69) is 25.1 Å². The van der Waals surface area contributed by atoms with Crippen LogP contribution in [0.15, 0.2) is 67.0 Å². The first-order valence-electron chi connectivity index (χ1n) is 15.0. The van der Waals surface area contributed by atoms with Crippen molar-refractivity contribution in [2.24, 2.45) is 0 Å². The molecule has 1 N–H and O–H groups in total. The molecule has 0 unspecified atom stereocenters. The van der Waals surface area contributed by atoms with Crippen LogP contribution in [0.5, 0.6) is 5.75 Å². The van der Waals surface area contributed by atoms with Crippen molar-refractivity contribution in [2.45, 2.75) is 38.3 Å². The number of anilines is 3. The SMILES string of the molecule is COc1ccc(CN(C)c2cc(N3CCc4c(-c5ncc(C=O)cc5F)cccc43)nn3c(C(=O)NC4CCC4)cnc23)cc1. The van der Waals surface area contributed by atoms with E-state index in [4.69, 9.17) is 9.84 Å². The summed E-state index contributed by atoms with van der Waals surface area (Å²) in [7, 11) is 3.63. The van der Waals surface area contributed by atoms with Gasteiger partial charge in [0, 0.05) is 55.3 Å². The summed E-state index contributed by atoms with van der Waals surface area (Å²) >= 11 is 0. The summed E-state index contributed by atoms with van der Waals surface area (Å²) in [6, 6.07) is 16.9. The number of nitrogens with zero attached hydrogens (tertiary/aromatic N) is 6. The Hall–Kier alpha value is -5.32. The van der Waals surface area contributed by atoms with Crippen molar-refractivity contribution in [3.63, 3.8) is 0 Å². The number of amides is 1. The van der Waals surface area contributed by atoms with E-state index in [0.717, 1.165) is 47.5 Å². The summed E-state index contributed by atoms with van der Waals surface area (Å²) in [5.41, 5.74) is 5.70. The Kier molecular flexibility index (Phi) is 7.36. The van der Waals surface area contributed by atoms with Crippen LogP contribution in [0.25, 0.3) is 16.9 Å². The number of fused-ring (bicyclic) bond motifs is 2. The van der Waals surface area contributed by atoms with Crippen LogP contribution < -0.4 is 19.9 Å². The molecule has 1 aliphatic carbocycles. The Morgan fingerprint density at radius 1 is 1.13 bits per heavy atom. The number of imidazole rings is 1. The minimum atomic E-state index is -0.547. The molecule has 0 spiro atoms. The van der Waals surface area contributed by atoms with Crippen LogP contribution in [0, 0.1) is 5.82 Å². The Morgan fingerprint density at radius 3 is 2.67 bits per heavy atom. The monoisotopic (exact) mass is 605 g/mol. The third kappa shape index (κ3) is 5.24. The maximum atomic E-state index is 15.0. The summed E-state index contributed by atoms with van der Waals surface area (Å²) in [6.07, 6.45) is 7.23. The van der Waals surface area contributed by atoms with E-state index in [0.29, 0.717) is 48.5 Å². The normalized spacial score (nSPS) is 14.2. The van der Waals surface area contributed by atoms with Crippen molar-refractivity contribution in [3.05, 3.63) is 95.2 Å². The van der Waals surface area contributed by atoms with Crippen molar-refractivity contribution < 1.29 is 18.7 Å². The number of methoxy groups -OCH3 is 1. The van der Waals surface area contributed by atoms with Crippen molar-refractivity contribution in [2.75, 3.05) is 30.5 Å². The van der Waals surface area contributed by atoms with E-state index in [1.807, 2.05) is 55.6 Å². The number of halogens is 1. The molecule has 1 aliphatic heterocycles. The van der Waals surface area contributed by atoms with Crippen molar-refractivity contribution in [1.82, 2.24) is 24.9 Å². The van der Waals surface area contributed by atoms with Gasteiger partial charge in [-0.3, -0.25) is 14.6 Å². The van der Waals surface area contributed by atoms with E-state index in [9.17, 15) is 9.59 Å². The number of hydrogen-bond acceptors (Lipinski definition) is 8. The van der Waals surface area contributed by atoms with Gasteiger partial charge >= 0.3 is 0 Å². The zero-order chi connectivity index (χ0) is 31.1. The molecule has 0 atom stereocenters. The highest BCUT2D eigenvalue weighted by Crippen LogP contribution is 2.41. The third-order valence-corrected chi connectivity index (χ3v) is 8.66. The second-order valence-electron chi connectivity index (χ2n) is 11.5. The fraction of sp³-hybridized carbons (Fsp3) is 0.265. The number of nitrogens with one attached hydrogen (secondary N) is 1. The lowest BCUT2D eigenvalue weighted by atomic mass is 9.93. The fourth-order valence-corrected chi connectivity index (χ4v) is 6.02. The molecule has 11 heteroatoms. The van der Waals surface area contributed by atoms with Crippen LogP contribution in [-0.4, -0.2) is 58.5 Å². The molecule has 2 aromatic carbocycles. The van der Waals surface area contributed by atoms with E-state index >= 15 is 4.39 Å². The molecular formula is C34H32FN7O3. The molecule has 228 valence electrons. The average Bonchev–Trinajstić information content (AvgIpc) is 3.67. The predicted molar refractivity (Wildman–Crippen MR) is 169 cm³/mol. The fourth-order valence-electron chi connectivity index (χ4n) is 6.02.